The second kappa shape index (κ2) is 5.66. The fourth-order valence-corrected chi connectivity index (χ4v) is 2.91. The summed E-state index contributed by atoms with van der Waals surface area (Å²) in [6.45, 7) is 1.39. The van der Waals surface area contributed by atoms with Crippen LogP contribution in [0.25, 0.3) is 0 Å². The summed E-state index contributed by atoms with van der Waals surface area (Å²) in [6, 6.07) is 7.73. The summed E-state index contributed by atoms with van der Waals surface area (Å²) in [5, 5.41) is 3.86. The van der Waals surface area contributed by atoms with Gasteiger partial charge in [-0.2, -0.15) is 4.98 Å². The van der Waals surface area contributed by atoms with Gasteiger partial charge in [0.1, 0.15) is 0 Å². The molecule has 0 bridgehead atoms. The lowest BCUT2D eigenvalue weighted by molar-refractivity contribution is 0.0790. The van der Waals surface area contributed by atoms with Gasteiger partial charge in [0.05, 0.1) is 0 Å². The molecule has 0 unspecified atom stereocenters. The van der Waals surface area contributed by atoms with E-state index in [2.05, 4.69) is 10.1 Å². The topological polar surface area (TPSA) is 59.2 Å². The van der Waals surface area contributed by atoms with E-state index in [0.717, 1.165) is 23.4 Å². The molecule has 0 saturated carbocycles. The Bertz CT molecular complexity index is 600. The van der Waals surface area contributed by atoms with Crippen LogP contribution in [-0.2, 0) is 0 Å². The maximum Gasteiger partial charge on any atom is 0.253 e. The van der Waals surface area contributed by atoms with Crippen molar-refractivity contribution in [3.05, 3.63) is 42.0 Å². The quantitative estimate of drug-likeness (QED) is 0.812. The molecule has 1 aromatic carbocycles. The molecule has 2 aromatic rings. The molecule has 1 aliphatic rings. The van der Waals surface area contributed by atoms with Crippen molar-refractivity contribution in [1.29, 1.82) is 0 Å². The first-order chi connectivity index (χ1) is 9.78. The van der Waals surface area contributed by atoms with E-state index in [1.807, 2.05) is 35.4 Å². The Hall–Kier alpha value is -1.82. The first-order valence-corrected chi connectivity index (χ1v) is 7.70. The Morgan fingerprint density at radius 3 is 3.15 bits per heavy atom. The normalized spacial score (nSPS) is 18.4. The number of nitrogens with zero attached hydrogens (tertiary/aromatic N) is 3. The first kappa shape index (κ1) is 13.2. The van der Waals surface area contributed by atoms with Gasteiger partial charge in [0.2, 0.25) is 6.39 Å². The van der Waals surface area contributed by atoms with Crippen LogP contribution < -0.4 is 0 Å². The lowest BCUT2D eigenvalue weighted by Crippen LogP contribution is -2.28. The van der Waals surface area contributed by atoms with Crippen LogP contribution in [0.3, 0.4) is 0 Å². The molecule has 0 aliphatic carbocycles. The molecule has 2 heterocycles. The summed E-state index contributed by atoms with van der Waals surface area (Å²) < 4.78 is 4.77. The standard InChI is InChI=1S/C14H15N3O2S/c1-20-12-4-2-3-10(7-12)14(18)17-6-5-11(8-17)13-15-9-19-16-13/h2-4,7,9,11H,5-6,8H2,1H3/t11-/m1/s1. The molecule has 0 radical (unpaired) electrons. The third-order valence-electron chi connectivity index (χ3n) is 3.54. The Labute approximate surface area is 121 Å². The van der Waals surface area contributed by atoms with E-state index < -0.39 is 0 Å². The Balaban J connectivity index is 1.72. The van der Waals surface area contributed by atoms with E-state index in [-0.39, 0.29) is 11.8 Å². The molecule has 1 aromatic heterocycles. The smallest absolute Gasteiger partial charge is 0.253 e. The molecule has 1 amide bonds. The number of rotatable bonds is 3. The van der Waals surface area contributed by atoms with Gasteiger partial charge in [-0.1, -0.05) is 11.2 Å². The maximum atomic E-state index is 12.5. The number of hydrogen-bond acceptors (Lipinski definition) is 5. The van der Waals surface area contributed by atoms with Crippen LogP contribution in [-0.4, -0.2) is 40.3 Å². The lowest BCUT2D eigenvalue weighted by atomic mass is 10.1. The molecule has 0 spiro atoms. The summed E-state index contributed by atoms with van der Waals surface area (Å²) in [7, 11) is 0. The minimum Gasteiger partial charge on any atom is -0.343 e. The summed E-state index contributed by atoms with van der Waals surface area (Å²) in [4.78, 5) is 19.5. The Kier molecular flexibility index (Phi) is 3.73. The van der Waals surface area contributed by atoms with Gasteiger partial charge < -0.3 is 9.42 Å². The molecule has 3 rings (SSSR count). The monoisotopic (exact) mass is 289 g/mol. The van der Waals surface area contributed by atoms with Crippen molar-refractivity contribution < 1.29 is 9.32 Å². The van der Waals surface area contributed by atoms with Gasteiger partial charge in [0, 0.05) is 29.5 Å². The molecule has 1 fully saturated rings. The Morgan fingerprint density at radius 2 is 2.40 bits per heavy atom. The third-order valence-corrected chi connectivity index (χ3v) is 4.26. The molecule has 1 aliphatic heterocycles. The van der Waals surface area contributed by atoms with Crippen LogP contribution >= 0.6 is 11.8 Å². The molecule has 1 saturated heterocycles. The zero-order valence-electron chi connectivity index (χ0n) is 11.2. The summed E-state index contributed by atoms with van der Waals surface area (Å²) in [5.74, 6) is 0.950. The van der Waals surface area contributed by atoms with Crippen LogP contribution in [0.4, 0.5) is 0 Å². The maximum absolute atomic E-state index is 12.5. The molecular weight excluding hydrogens is 274 g/mol. The number of likely N-dealkylation sites (tertiary alicyclic amines) is 1. The predicted octanol–water partition coefficient (Wildman–Crippen LogP) is 2.42. The zero-order chi connectivity index (χ0) is 13.9. The predicted molar refractivity (Wildman–Crippen MR) is 75.8 cm³/mol. The van der Waals surface area contributed by atoms with Crippen molar-refractivity contribution in [3.63, 3.8) is 0 Å². The number of amides is 1. The van der Waals surface area contributed by atoms with Gasteiger partial charge in [-0.05, 0) is 30.9 Å². The van der Waals surface area contributed by atoms with Crippen LogP contribution in [0, 0.1) is 0 Å². The molecule has 104 valence electrons. The van der Waals surface area contributed by atoms with E-state index in [1.54, 1.807) is 11.8 Å². The van der Waals surface area contributed by atoms with Gasteiger partial charge in [-0.3, -0.25) is 4.79 Å². The highest BCUT2D eigenvalue weighted by Crippen LogP contribution is 2.26. The fourth-order valence-electron chi connectivity index (χ4n) is 2.45. The largest absolute Gasteiger partial charge is 0.343 e. The number of carbonyl (C=O) groups is 1. The average molecular weight is 289 g/mol. The summed E-state index contributed by atoms with van der Waals surface area (Å²) >= 11 is 1.64. The highest BCUT2D eigenvalue weighted by Gasteiger charge is 2.30. The molecule has 6 heteroatoms. The van der Waals surface area contributed by atoms with E-state index in [0.29, 0.717) is 12.4 Å². The van der Waals surface area contributed by atoms with Crippen molar-refractivity contribution in [1.82, 2.24) is 15.0 Å². The first-order valence-electron chi connectivity index (χ1n) is 6.47. The second-order valence-corrected chi connectivity index (χ2v) is 5.64. The van der Waals surface area contributed by atoms with Crippen LogP contribution in [0.5, 0.6) is 0 Å². The van der Waals surface area contributed by atoms with Crippen LogP contribution in [0.2, 0.25) is 0 Å². The molecule has 0 N–H and O–H groups in total. The van der Waals surface area contributed by atoms with Gasteiger partial charge in [0.15, 0.2) is 5.82 Å². The van der Waals surface area contributed by atoms with Gasteiger partial charge in [-0.25, -0.2) is 0 Å². The van der Waals surface area contributed by atoms with Crippen molar-refractivity contribution >= 4 is 17.7 Å². The summed E-state index contributed by atoms with van der Waals surface area (Å²) in [5.41, 5.74) is 0.741. The fraction of sp³-hybridized carbons (Fsp3) is 0.357. The molecule has 5 nitrogen and oxygen atoms in total. The van der Waals surface area contributed by atoms with E-state index in [4.69, 9.17) is 4.52 Å². The van der Waals surface area contributed by atoms with Crippen molar-refractivity contribution in [2.24, 2.45) is 0 Å². The highest BCUT2D eigenvalue weighted by atomic mass is 32.2. The number of carbonyl (C=O) groups excluding carboxylic acids is 1. The van der Waals surface area contributed by atoms with E-state index in [9.17, 15) is 4.79 Å². The van der Waals surface area contributed by atoms with Gasteiger partial charge in [0.25, 0.3) is 5.91 Å². The minimum absolute atomic E-state index is 0.0758. The zero-order valence-corrected chi connectivity index (χ0v) is 12.0. The van der Waals surface area contributed by atoms with Crippen LogP contribution in [0.1, 0.15) is 28.5 Å². The van der Waals surface area contributed by atoms with E-state index >= 15 is 0 Å². The van der Waals surface area contributed by atoms with Gasteiger partial charge >= 0.3 is 0 Å². The van der Waals surface area contributed by atoms with Crippen molar-refractivity contribution in [3.8, 4) is 0 Å². The van der Waals surface area contributed by atoms with Crippen molar-refractivity contribution in [2.75, 3.05) is 19.3 Å². The SMILES string of the molecule is CSc1cccc(C(=O)N2CC[C@@H](c3ncon3)C2)c1. The summed E-state index contributed by atoms with van der Waals surface area (Å²) in [6.07, 6.45) is 4.22. The van der Waals surface area contributed by atoms with Crippen LogP contribution in [0.15, 0.2) is 40.1 Å². The van der Waals surface area contributed by atoms with Gasteiger partial charge in [-0.15, -0.1) is 11.8 Å². The Morgan fingerprint density at radius 1 is 1.50 bits per heavy atom. The lowest BCUT2D eigenvalue weighted by Gasteiger charge is -2.16. The number of thioether (sulfide) groups is 1. The third kappa shape index (κ3) is 2.56. The average Bonchev–Trinajstić information content (AvgIpc) is 3.17. The molecular formula is C14H15N3O2S. The molecule has 20 heavy (non-hydrogen) atoms. The van der Waals surface area contributed by atoms with Crippen molar-refractivity contribution in [2.45, 2.75) is 17.2 Å². The minimum atomic E-state index is 0.0758. The highest BCUT2D eigenvalue weighted by molar-refractivity contribution is 7.98. The number of aromatic nitrogens is 2. The molecule has 1 atom stereocenters. The number of hydrogen-bond donors (Lipinski definition) is 0. The second-order valence-electron chi connectivity index (χ2n) is 4.76. The van der Waals surface area contributed by atoms with E-state index in [1.165, 1.54) is 6.39 Å². The number of benzene rings is 1.